The number of amides is 3. The van der Waals surface area contributed by atoms with Crippen LogP contribution >= 0.6 is 23.8 Å². The van der Waals surface area contributed by atoms with Gasteiger partial charge in [0, 0.05) is 18.5 Å². The van der Waals surface area contributed by atoms with Crippen LogP contribution in [0.25, 0.3) is 0 Å². The number of benzene rings is 1. The number of carbonyl (C=O) groups is 2. The molecule has 168 valence electrons. The van der Waals surface area contributed by atoms with Crippen LogP contribution in [-0.2, 0) is 29.8 Å². The summed E-state index contributed by atoms with van der Waals surface area (Å²) in [6.07, 6.45) is -0.846. The van der Waals surface area contributed by atoms with Gasteiger partial charge in [0.05, 0.1) is 25.2 Å². The highest BCUT2D eigenvalue weighted by Crippen LogP contribution is 2.55. The van der Waals surface area contributed by atoms with Crippen LogP contribution in [0.4, 0.5) is 4.79 Å². The van der Waals surface area contributed by atoms with Crippen molar-refractivity contribution >= 4 is 35.7 Å². The second kappa shape index (κ2) is 9.01. The molecule has 3 amide bonds. The van der Waals surface area contributed by atoms with E-state index >= 15 is 0 Å². The molecule has 0 bridgehead atoms. The van der Waals surface area contributed by atoms with Crippen LogP contribution in [0.15, 0.2) is 29.3 Å². The van der Waals surface area contributed by atoms with Crippen molar-refractivity contribution in [2.75, 3.05) is 13.2 Å². The van der Waals surface area contributed by atoms with Crippen LogP contribution in [0.5, 0.6) is 5.75 Å². The molecule has 2 N–H and O–H groups in total. The van der Waals surface area contributed by atoms with E-state index in [-0.39, 0.29) is 26.2 Å². The Kier molecular flexibility index (Phi) is 6.52. The molecule has 0 saturated carbocycles. The number of phosphoric ester groups is 1. The van der Waals surface area contributed by atoms with Gasteiger partial charge in [-0.05, 0) is 17.5 Å². The molecule has 0 aliphatic carbocycles. The Morgan fingerprint density at radius 2 is 2.23 bits per heavy atom. The van der Waals surface area contributed by atoms with Crippen molar-refractivity contribution in [3.05, 3.63) is 40.4 Å². The number of nitrogens with one attached hydrogen (secondary N) is 1. The van der Waals surface area contributed by atoms with Crippen molar-refractivity contribution < 1.29 is 37.6 Å². The zero-order chi connectivity index (χ0) is 22.2. The third kappa shape index (κ3) is 4.72. The van der Waals surface area contributed by atoms with Gasteiger partial charge >= 0.3 is 13.9 Å². The van der Waals surface area contributed by atoms with Crippen molar-refractivity contribution in [1.29, 1.82) is 0 Å². The average Bonchev–Trinajstić information content (AvgIpc) is 3.10. The van der Waals surface area contributed by atoms with Crippen molar-refractivity contribution in [2.24, 2.45) is 5.92 Å². The van der Waals surface area contributed by atoms with Crippen LogP contribution in [0.1, 0.15) is 17.5 Å². The maximum Gasteiger partial charge on any atom is 0.530 e. The van der Waals surface area contributed by atoms with E-state index in [9.17, 15) is 19.3 Å². The van der Waals surface area contributed by atoms with E-state index < -0.39 is 44.1 Å². The summed E-state index contributed by atoms with van der Waals surface area (Å²) in [5.41, 5.74) is 1.57. The lowest BCUT2D eigenvalue weighted by Crippen LogP contribution is -2.57. The number of phosphoric acid groups is 1. The summed E-state index contributed by atoms with van der Waals surface area (Å²) >= 11 is 3.13. The summed E-state index contributed by atoms with van der Waals surface area (Å²) in [5.74, 6) is -0.490. The van der Waals surface area contributed by atoms with Gasteiger partial charge in [0.25, 0.3) is 0 Å². The Morgan fingerprint density at radius 1 is 1.42 bits per heavy atom. The number of halogens is 1. The zero-order valence-electron chi connectivity index (χ0n) is 16.6. The molecule has 2 saturated heterocycles. The minimum atomic E-state index is -3.89. The monoisotopic (exact) mass is 516 g/mol. The lowest BCUT2D eigenvalue weighted by molar-refractivity contribution is -0.127. The molecule has 5 atom stereocenters. The standard InChI is InChI=1S/C19H22BrN2O8P/c1-11-3-2-4-13-9-27-31(26,30-17(11)13)28-10-15-14(23)7-16(29-15)22-8-12(5-6-20)18(24)21-19(22)25/h2-6,12,14-16,23H,7-10H2,1H3,(H,21,24,25)/b6-5+. The van der Waals surface area contributed by atoms with Gasteiger partial charge in [-0.3, -0.25) is 24.1 Å². The molecule has 2 fully saturated rings. The highest BCUT2D eigenvalue weighted by molar-refractivity contribution is 9.11. The summed E-state index contributed by atoms with van der Waals surface area (Å²) in [4.78, 5) is 27.0. The predicted octanol–water partition coefficient (Wildman–Crippen LogP) is 2.58. The Balaban J connectivity index is 1.38. The number of rotatable bonds is 5. The van der Waals surface area contributed by atoms with E-state index in [0.717, 1.165) is 11.1 Å². The highest BCUT2D eigenvalue weighted by Gasteiger charge is 2.44. The van der Waals surface area contributed by atoms with Crippen LogP contribution < -0.4 is 9.84 Å². The smallest absolute Gasteiger partial charge is 0.403 e. The van der Waals surface area contributed by atoms with Gasteiger partial charge in [-0.15, -0.1) is 0 Å². The highest BCUT2D eigenvalue weighted by atomic mass is 79.9. The molecule has 0 radical (unpaired) electrons. The number of hydrogen-bond acceptors (Lipinski definition) is 8. The molecule has 12 heteroatoms. The number of imide groups is 1. The fourth-order valence-corrected chi connectivity index (χ4v) is 5.32. The number of ether oxygens (including phenoxy) is 1. The summed E-state index contributed by atoms with van der Waals surface area (Å²) in [6.45, 7) is 1.76. The van der Waals surface area contributed by atoms with Crippen LogP contribution in [0, 0.1) is 12.8 Å². The summed E-state index contributed by atoms with van der Waals surface area (Å²) in [5, 5.41) is 12.7. The van der Waals surface area contributed by atoms with Crippen LogP contribution in [-0.4, -0.2) is 53.5 Å². The first kappa shape index (κ1) is 22.4. The number of aliphatic hydroxyl groups excluding tert-OH is 1. The quantitative estimate of drug-likeness (QED) is 0.572. The average molecular weight is 517 g/mol. The van der Waals surface area contributed by atoms with E-state index in [1.165, 1.54) is 4.90 Å². The molecule has 5 unspecified atom stereocenters. The van der Waals surface area contributed by atoms with Crippen molar-refractivity contribution in [3.63, 3.8) is 0 Å². The van der Waals surface area contributed by atoms with Crippen molar-refractivity contribution in [3.8, 4) is 5.75 Å². The number of hydrogen-bond donors (Lipinski definition) is 2. The molecular formula is C19H22BrN2O8P. The summed E-state index contributed by atoms with van der Waals surface area (Å²) < 4.78 is 34.9. The molecular weight excluding hydrogens is 495 g/mol. The first-order valence-electron chi connectivity index (χ1n) is 9.69. The molecule has 1 aromatic rings. The number of para-hydroxylation sites is 1. The molecule has 3 aliphatic rings. The minimum Gasteiger partial charge on any atom is -0.403 e. The van der Waals surface area contributed by atoms with Gasteiger partial charge in [0.1, 0.15) is 18.1 Å². The summed E-state index contributed by atoms with van der Waals surface area (Å²) in [6, 6.07) is 4.90. The molecule has 0 aromatic heterocycles. The maximum atomic E-state index is 12.9. The number of fused-ring (bicyclic) bond motifs is 1. The molecule has 3 heterocycles. The van der Waals surface area contributed by atoms with Crippen LogP contribution in [0.2, 0.25) is 0 Å². The predicted molar refractivity (Wildman–Crippen MR) is 111 cm³/mol. The molecule has 31 heavy (non-hydrogen) atoms. The Hall–Kier alpha value is -1.75. The SMILES string of the molecule is Cc1cccc2c1OP(=O)(OCC1OC(N3CC(/C=C/Br)C(=O)NC3=O)CC1O)OC2. The number of aryl methyl sites for hydroxylation is 1. The van der Waals surface area contributed by atoms with E-state index in [1.807, 2.05) is 25.1 Å². The van der Waals surface area contributed by atoms with Gasteiger partial charge in [-0.2, -0.15) is 0 Å². The zero-order valence-corrected chi connectivity index (χ0v) is 19.1. The van der Waals surface area contributed by atoms with E-state index in [1.54, 1.807) is 11.1 Å². The summed E-state index contributed by atoms with van der Waals surface area (Å²) in [7, 11) is -3.89. The molecule has 10 nitrogen and oxygen atoms in total. The Bertz CT molecular complexity index is 957. The van der Waals surface area contributed by atoms with E-state index in [4.69, 9.17) is 18.3 Å². The largest absolute Gasteiger partial charge is 0.530 e. The van der Waals surface area contributed by atoms with Gasteiger partial charge < -0.3 is 14.4 Å². The molecule has 0 spiro atoms. The Labute approximate surface area is 187 Å². The van der Waals surface area contributed by atoms with E-state index in [0.29, 0.717) is 5.75 Å². The Morgan fingerprint density at radius 3 is 3.00 bits per heavy atom. The first-order valence-corrected chi connectivity index (χ1v) is 12.1. The number of aliphatic hydroxyl groups is 1. The molecule has 1 aromatic carbocycles. The normalized spacial score (nSPS) is 33.3. The maximum absolute atomic E-state index is 12.9. The number of nitrogens with zero attached hydrogens (tertiary/aromatic N) is 1. The minimum absolute atomic E-state index is 0.0788. The number of carbonyl (C=O) groups excluding carboxylic acids is 2. The van der Waals surface area contributed by atoms with Gasteiger partial charge in [-0.25, -0.2) is 9.36 Å². The fraction of sp³-hybridized carbons (Fsp3) is 0.474. The second-order valence-electron chi connectivity index (χ2n) is 7.47. The lowest BCUT2D eigenvalue weighted by Gasteiger charge is -2.34. The second-order valence-corrected chi connectivity index (χ2v) is 9.60. The van der Waals surface area contributed by atoms with Crippen LogP contribution in [0.3, 0.4) is 0 Å². The third-order valence-corrected chi connectivity index (χ3v) is 6.97. The molecule has 4 rings (SSSR count). The van der Waals surface area contributed by atoms with Crippen molar-refractivity contribution in [2.45, 2.75) is 38.4 Å². The lowest BCUT2D eigenvalue weighted by atomic mass is 10.1. The van der Waals surface area contributed by atoms with Gasteiger partial charge in [0.15, 0.2) is 0 Å². The topological polar surface area (TPSA) is 124 Å². The van der Waals surface area contributed by atoms with Gasteiger partial charge in [-0.1, -0.05) is 40.2 Å². The van der Waals surface area contributed by atoms with Gasteiger partial charge in [0.2, 0.25) is 5.91 Å². The van der Waals surface area contributed by atoms with E-state index in [2.05, 4.69) is 21.2 Å². The fourth-order valence-electron chi connectivity index (χ4n) is 3.66. The first-order chi connectivity index (χ1) is 14.8. The molecule has 3 aliphatic heterocycles. The number of urea groups is 1. The third-order valence-electron chi connectivity index (χ3n) is 5.35. The van der Waals surface area contributed by atoms with Crippen molar-refractivity contribution in [1.82, 2.24) is 10.2 Å².